The van der Waals surface area contributed by atoms with Crippen LogP contribution in [0.3, 0.4) is 0 Å². The Morgan fingerprint density at radius 1 is 1.38 bits per heavy atom. The number of carbonyl (C=O) groups is 1. The fourth-order valence-electron chi connectivity index (χ4n) is 0.908. The monoisotopic (exact) mass is 204 g/mol. The molecule has 0 aliphatic carbocycles. The summed E-state index contributed by atoms with van der Waals surface area (Å²) in [6.45, 7) is 0. The Kier molecular flexibility index (Phi) is 3.37. The van der Waals surface area contributed by atoms with Crippen molar-refractivity contribution >= 4 is 16.8 Å². The predicted molar refractivity (Wildman–Crippen MR) is 45.9 cm³/mol. The van der Waals surface area contributed by atoms with Gasteiger partial charge in [0.2, 0.25) is 0 Å². The van der Waals surface area contributed by atoms with Gasteiger partial charge in [-0.15, -0.1) is 0 Å². The first-order valence-corrected chi connectivity index (χ1v) is 4.05. The number of alkyl halides is 1. The summed E-state index contributed by atoms with van der Waals surface area (Å²) in [4.78, 5) is 10.3. The number of hydrogen-bond donors (Lipinski definition) is 0. The molecule has 0 saturated carbocycles. The minimum atomic E-state index is -1.72. The summed E-state index contributed by atoms with van der Waals surface area (Å²) in [5.74, 6) is -0.392. The number of carbonyl (C=O) groups excluding carboxylic acids is 1. The maximum Gasteiger partial charge on any atom is 0.256 e. The van der Waals surface area contributed by atoms with Crippen molar-refractivity contribution in [1.82, 2.24) is 0 Å². The first kappa shape index (κ1) is 10.1. The van der Waals surface area contributed by atoms with Crippen molar-refractivity contribution < 1.29 is 13.6 Å². The van der Waals surface area contributed by atoms with Crippen LogP contribution in [0.25, 0.3) is 0 Å². The fourth-order valence-corrected chi connectivity index (χ4v) is 0.985. The standard InChI is InChI=1S/C9H7ClF2O/c10-9(13)8(12)5-6-1-3-7(11)4-2-6/h1-4,8H,5H2. The van der Waals surface area contributed by atoms with E-state index in [9.17, 15) is 13.6 Å². The van der Waals surface area contributed by atoms with Crippen molar-refractivity contribution in [2.24, 2.45) is 0 Å². The van der Waals surface area contributed by atoms with Gasteiger partial charge in [-0.25, -0.2) is 8.78 Å². The topological polar surface area (TPSA) is 17.1 Å². The Hall–Kier alpha value is -0.960. The van der Waals surface area contributed by atoms with Gasteiger partial charge in [0.15, 0.2) is 6.17 Å². The van der Waals surface area contributed by atoms with Crippen LogP contribution in [0.4, 0.5) is 8.78 Å². The van der Waals surface area contributed by atoms with E-state index in [4.69, 9.17) is 11.6 Å². The minimum Gasteiger partial charge on any atom is -0.278 e. The summed E-state index contributed by atoms with van der Waals surface area (Å²) >= 11 is 4.92. The molecule has 0 N–H and O–H groups in total. The van der Waals surface area contributed by atoms with Crippen LogP contribution >= 0.6 is 11.6 Å². The van der Waals surface area contributed by atoms with Gasteiger partial charge in [-0.05, 0) is 29.3 Å². The molecule has 1 unspecified atom stereocenters. The van der Waals surface area contributed by atoms with Gasteiger partial charge in [-0.1, -0.05) is 12.1 Å². The van der Waals surface area contributed by atoms with Gasteiger partial charge >= 0.3 is 0 Å². The molecule has 0 saturated heterocycles. The van der Waals surface area contributed by atoms with Crippen molar-refractivity contribution in [2.45, 2.75) is 12.6 Å². The Balaban J connectivity index is 2.64. The molecule has 70 valence electrons. The van der Waals surface area contributed by atoms with Crippen LogP contribution in [-0.2, 0) is 11.2 Å². The molecule has 0 aliphatic heterocycles. The lowest BCUT2D eigenvalue weighted by molar-refractivity contribution is -0.115. The van der Waals surface area contributed by atoms with Gasteiger partial charge in [0.1, 0.15) is 5.82 Å². The highest BCUT2D eigenvalue weighted by atomic mass is 35.5. The normalized spacial score (nSPS) is 12.5. The molecule has 0 spiro atoms. The van der Waals surface area contributed by atoms with Crippen molar-refractivity contribution in [3.63, 3.8) is 0 Å². The zero-order chi connectivity index (χ0) is 9.84. The van der Waals surface area contributed by atoms with Crippen LogP contribution in [0.5, 0.6) is 0 Å². The number of hydrogen-bond acceptors (Lipinski definition) is 1. The maximum absolute atomic E-state index is 12.7. The Bertz CT molecular complexity index is 297. The highest BCUT2D eigenvalue weighted by Crippen LogP contribution is 2.09. The van der Waals surface area contributed by atoms with Crippen molar-refractivity contribution in [3.8, 4) is 0 Å². The van der Waals surface area contributed by atoms with Crippen LogP contribution in [0.1, 0.15) is 5.56 Å². The summed E-state index contributed by atoms with van der Waals surface area (Å²) in [7, 11) is 0. The van der Waals surface area contributed by atoms with E-state index in [1.807, 2.05) is 0 Å². The molecule has 13 heavy (non-hydrogen) atoms. The molecule has 0 fully saturated rings. The van der Waals surface area contributed by atoms with Crippen LogP contribution < -0.4 is 0 Å². The second kappa shape index (κ2) is 4.33. The average molecular weight is 205 g/mol. The molecule has 0 amide bonds. The lowest BCUT2D eigenvalue weighted by atomic mass is 10.1. The predicted octanol–water partition coefficient (Wildman–Crippen LogP) is 2.47. The molecule has 1 rings (SSSR count). The molecule has 0 heterocycles. The molecule has 1 aromatic rings. The summed E-state index contributed by atoms with van der Waals surface area (Å²) in [5.41, 5.74) is 0.544. The second-order valence-corrected chi connectivity index (χ2v) is 2.97. The van der Waals surface area contributed by atoms with Gasteiger partial charge in [0, 0.05) is 6.42 Å². The van der Waals surface area contributed by atoms with Gasteiger partial charge in [0.05, 0.1) is 0 Å². The first-order valence-electron chi connectivity index (χ1n) is 3.67. The number of rotatable bonds is 3. The highest BCUT2D eigenvalue weighted by Gasteiger charge is 2.14. The minimum absolute atomic E-state index is 0.109. The molecule has 0 aliphatic rings. The largest absolute Gasteiger partial charge is 0.278 e. The molecule has 0 aromatic heterocycles. The van der Waals surface area contributed by atoms with Crippen LogP contribution in [0, 0.1) is 5.82 Å². The third-order valence-corrected chi connectivity index (χ3v) is 1.81. The summed E-state index contributed by atoms with van der Waals surface area (Å²) in [5, 5.41) is -1.02. The molecule has 1 nitrogen and oxygen atoms in total. The van der Waals surface area contributed by atoms with Crippen LogP contribution in [-0.4, -0.2) is 11.4 Å². The van der Waals surface area contributed by atoms with Crippen LogP contribution in [0.2, 0.25) is 0 Å². The van der Waals surface area contributed by atoms with Crippen molar-refractivity contribution in [3.05, 3.63) is 35.6 Å². The maximum atomic E-state index is 12.7. The van der Waals surface area contributed by atoms with E-state index in [1.165, 1.54) is 24.3 Å². The van der Waals surface area contributed by atoms with Crippen LogP contribution in [0.15, 0.2) is 24.3 Å². The van der Waals surface area contributed by atoms with E-state index < -0.39 is 17.2 Å². The molecule has 4 heteroatoms. The van der Waals surface area contributed by atoms with E-state index in [1.54, 1.807) is 0 Å². The summed E-state index contributed by atoms with van der Waals surface area (Å²) < 4.78 is 25.1. The molecule has 1 atom stereocenters. The van der Waals surface area contributed by atoms with Gasteiger partial charge in [-0.3, -0.25) is 4.79 Å². The van der Waals surface area contributed by atoms with E-state index in [2.05, 4.69) is 0 Å². The fraction of sp³-hybridized carbons (Fsp3) is 0.222. The van der Waals surface area contributed by atoms with E-state index in [-0.39, 0.29) is 6.42 Å². The lowest BCUT2D eigenvalue weighted by Gasteiger charge is -2.02. The second-order valence-electron chi connectivity index (χ2n) is 2.60. The first-order chi connectivity index (χ1) is 6.09. The molecule has 0 bridgehead atoms. The molecule has 1 aromatic carbocycles. The van der Waals surface area contributed by atoms with Gasteiger partial charge in [0.25, 0.3) is 5.24 Å². The third-order valence-electron chi connectivity index (χ3n) is 1.57. The van der Waals surface area contributed by atoms with Gasteiger partial charge in [-0.2, -0.15) is 0 Å². The lowest BCUT2D eigenvalue weighted by Crippen LogP contribution is -2.12. The zero-order valence-electron chi connectivity index (χ0n) is 6.64. The number of halogens is 3. The quantitative estimate of drug-likeness (QED) is 0.692. The molecular formula is C9H7ClF2O. The SMILES string of the molecule is O=C(Cl)C(F)Cc1ccc(F)cc1. The smallest absolute Gasteiger partial charge is 0.256 e. The zero-order valence-corrected chi connectivity index (χ0v) is 7.39. The van der Waals surface area contributed by atoms with Crippen molar-refractivity contribution in [2.75, 3.05) is 0 Å². The van der Waals surface area contributed by atoms with Crippen molar-refractivity contribution in [1.29, 1.82) is 0 Å². The Morgan fingerprint density at radius 3 is 2.38 bits per heavy atom. The molecule has 0 radical (unpaired) electrons. The third kappa shape index (κ3) is 3.11. The number of benzene rings is 1. The Labute approximate surface area is 79.3 Å². The Morgan fingerprint density at radius 2 is 1.92 bits per heavy atom. The summed E-state index contributed by atoms with van der Waals surface area (Å²) in [6.07, 6.45) is -1.82. The van der Waals surface area contributed by atoms with Gasteiger partial charge < -0.3 is 0 Å². The van der Waals surface area contributed by atoms with E-state index in [0.29, 0.717) is 5.56 Å². The average Bonchev–Trinajstić information content (AvgIpc) is 2.08. The molecular weight excluding hydrogens is 198 g/mol. The van der Waals surface area contributed by atoms with E-state index >= 15 is 0 Å². The highest BCUT2D eigenvalue weighted by molar-refractivity contribution is 6.64. The van der Waals surface area contributed by atoms with E-state index in [0.717, 1.165) is 0 Å². The summed E-state index contributed by atoms with van der Waals surface area (Å²) in [6, 6.07) is 5.25.